The number of benzene rings is 2. The number of hydrogen-bond acceptors (Lipinski definition) is 2. The summed E-state index contributed by atoms with van der Waals surface area (Å²) in [5.74, 6) is 0. The fraction of sp³-hybridized carbons (Fsp3) is 0.188. The molecule has 0 spiro atoms. The molecule has 0 radical (unpaired) electrons. The van der Waals surface area contributed by atoms with Gasteiger partial charge in [-0.15, -0.1) is 0 Å². The van der Waals surface area contributed by atoms with Crippen LogP contribution in [0.25, 0.3) is 0 Å². The van der Waals surface area contributed by atoms with Crippen molar-refractivity contribution in [3.05, 3.63) is 64.7 Å². The molecule has 1 unspecified atom stereocenters. The topological polar surface area (TPSA) is 27.0 Å². The molecule has 0 bridgehead atoms. The number of nitrogens with zero attached hydrogens (tertiary/aromatic N) is 2. The minimum absolute atomic E-state index is 0.146. The molecule has 0 fully saturated rings. The van der Waals surface area contributed by atoms with Gasteiger partial charge in [0, 0.05) is 12.1 Å². The van der Waals surface area contributed by atoms with E-state index >= 15 is 0 Å². The maximum absolute atomic E-state index is 9.17. The summed E-state index contributed by atoms with van der Waals surface area (Å²) in [7, 11) is 1.99. The third-order valence-electron chi connectivity index (χ3n) is 3.32. The minimum atomic E-state index is 0.146. The minimum Gasteiger partial charge on any atom is -0.367 e. The SMILES string of the molecule is CC(c1cccc(Cl)c1)N(C)c1ccccc1C#N. The molecular formula is C16H15ClN2. The lowest BCUT2D eigenvalue weighted by Gasteiger charge is -2.28. The van der Waals surface area contributed by atoms with E-state index in [1.807, 2.05) is 55.6 Å². The Hall–Kier alpha value is -1.98. The second-order valence-electron chi connectivity index (χ2n) is 4.47. The van der Waals surface area contributed by atoms with Gasteiger partial charge in [-0.1, -0.05) is 35.9 Å². The molecule has 0 amide bonds. The number of halogens is 1. The Morgan fingerprint density at radius 2 is 1.89 bits per heavy atom. The third-order valence-corrected chi connectivity index (χ3v) is 3.55. The van der Waals surface area contributed by atoms with Gasteiger partial charge in [-0.25, -0.2) is 0 Å². The summed E-state index contributed by atoms with van der Waals surface area (Å²) in [4.78, 5) is 2.09. The van der Waals surface area contributed by atoms with Crippen molar-refractivity contribution in [3.8, 4) is 6.07 Å². The summed E-state index contributed by atoms with van der Waals surface area (Å²) < 4.78 is 0. The molecule has 2 aromatic carbocycles. The molecule has 0 aliphatic heterocycles. The molecular weight excluding hydrogens is 256 g/mol. The van der Waals surface area contributed by atoms with Crippen molar-refractivity contribution in [2.45, 2.75) is 13.0 Å². The Bertz CT molecular complexity index is 616. The normalized spacial score (nSPS) is 11.7. The molecule has 0 heterocycles. The lowest BCUT2D eigenvalue weighted by Crippen LogP contribution is -2.22. The van der Waals surface area contributed by atoms with Crippen LogP contribution in [0.1, 0.15) is 24.1 Å². The van der Waals surface area contributed by atoms with E-state index in [2.05, 4.69) is 17.9 Å². The van der Waals surface area contributed by atoms with E-state index in [1.54, 1.807) is 0 Å². The molecule has 96 valence electrons. The molecule has 2 nitrogen and oxygen atoms in total. The number of para-hydroxylation sites is 1. The van der Waals surface area contributed by atoms with Crippen molar-refractivity contribution in [2.75, 3.05) is 11.9 Å². The molecule has 0 aromatic heterocycles. The Balaban J connectivity index is 2.34. The fourth-order valence-corrected chi connectivity index (χ4v) is 2.27. The monoisotopic (exact) mass is 270 g/mol. The maximum atomic E-state index is 9.17. The summed E-state index contributed by atoms with van der Waals surface area (Å²) in [6.07, 6.45) is 0. The van der Waals surface area contributed by atoms with Gasteiger partial charge in [-0.3, -0.25) is 0 Å². The number of nitriles is 1. The Morgan fingerprint density at radius 1 is 1.16 bits per heavy atom. The van der Waals surface area contributed by atoms with Gasteiger partial charge in [0.05, 0.1) is 17.3 Å². The molecule has 0 saturated carbocycles. The first-order valence-electron chi connectivity index (χ1n) is 6.11. The smallest absolute Gasteiger partial charge is 0.101 e. The highest BCUT2D eigenvalue weighted by molar-refractivity contribution is 6.30. The van der Waals surface area contributed by atoms with E-state index < -0.39 is 0 Å². The van der Waals surface area contributed by atoms with E-state index in [0.717, 1.165) is 16.3 Å². The molecule has 2 rings (SSSR count). The van der Waals surface area contributed by atoms with Crippen molar-refractivity contribution in [2.24, 2.45) is 0 Å². The molecule has 3 heteroatoms. The second-order valence-corrected chi connectivity index (χ2v) is 4.91. The van der Waals surface area contributed by atoms with Crippen LogP contribution >= 0.6 is 11.6 Å². The average molecular weight is 271 g/mol. The van der Waals surface area contributed by atoms with Gasteiger partial charge in [0.25, 0.3) is 0 Å². The first kappa shape index (κ1) is 13.5. The molecule has 1 atom stereocenters. The van der Waals surface area contributed by atoms with Gasteiger partial charge < -0.3 is 4.90 Å². The molecule has 0 N–H and O–H groups in total. The van der Waals surface area contributed by atoms with Crippen molar-refractivity contribution in [1.29, 1.82) is 5.26 Å². The van der Waals surface area contributed by atoms with Crippen LogP contribution < -0.4 is 4.90 Å². The maximum Gasteiger partial charge on any atom is 0.101 e. The predicted molar refractivity (Wildman–Crippen MR) is 79.4 cm³/mol. The highest BCUT2D eigenvalue weighted by Crippen LogP contribution is 2.28. The summed E-state index contributed by atoms with van der Waals surface area (Å²) in [6, 6.07) is 17.8. The van der Waals surface area contributed by atoms with E-state index in [1.165, 1.54) is 0 Å². The largest absolute Gasteiger partial charge is 0.367 e. The van der Waals surface area contributed by atoms with E-state index in [4.69, 9.17) is 16.9 Å². The van der Waals surface area contributed by atoms with E-state index in [9.17, 15) is 0 Å². The van der Waals surface area contributed by atoms with Gasteiger partial charge in [0.1, 0.15) is 6.07 Å². The van der Waals surface area contributed by atoms with Crippen LogP contribution in [0.15, 0.2) is 48.5 Å². The number of rotatable bonds is 3. The summed E-state index contributed by atoms with van der Waals surface area (Å²) in [6.45, 7) is 2.10. The average Bonchev–Trinajstić information content (AvgIpc) is 2.45. The van der Waals surface area contributed by atoms with Crippen LogP contribution in [-0.4, -0.2) is 7.05 Å². The zero-order valence-electron chi connectivity index (χ0n) is 11.0. The van der Waals surface area contributed by atoms with Crippen LogP contribution in [0.2, 0.25) is 5.02 Å². The number of anilines is 1. The van der Waals surface area contributed by atoms with Gasteiger partial charge in [0.2, 0.25) is 0 Å². The molecule has 2 aromatic rings. The molecule has 0 aliphatic rings. The van der Waals surface area contributed by atoms with Crippen molar-refractivity contribution in [1.82, 2.24) is 0 Å². The van der Waals surface area contributed by atoms with Gasteiger partial charge in [0.15, 0.2) is 0 Å². The zero-order chi connectivity index (χ0) is 13.8. The highest BCUT2D eigenvalue weighted by atomic mass is 35.5. The lowest BCUT2D eigenvalue weighted by molar-refractivity contribution is 0.739. The van der Waals surface area contributed by atoms with Crippen molar-refractivity contribution >= 4 is 17.3 Å². The summed E-state index contributed by atoms with van der Waals surface area (Å²) in [5, 5.41) is 9.89. The summed E-state index contributed by atoms with van der Waals surface area (Å²) >= 11 is 6.03. The van der Waals surface area contributed by atoms with Crippen LogP contribution in [0, 0.1) is 11.3 Å². The Morgan fingerprint density at radius 3 is 2.58 bits per heavy atom. The number of hydrogen-bond donors (Lipinski definition) is 0. The first-order chi connectivity index (χ1) is 9.13. The van der Waals surface area contributed by atoms with Crippen LogP contribution in [0.3, 0.4) is 0 Å². The van der Waals surface area contributed by atoms with Gasteiger partial charge in [-0.05, 0) is 36.8 Å². The second kappa shape index (κ2) is 5.77. The highest BCUT2D eigenvalue weighted by Gasteiger charge is 2.15. The quantitative estimate of drug-likeness (QED) is 0.826. The third kappa shape index (κ3) is 2.89. The van der Waals surface area contributed by atoms with Crippen LogP contribution in [0.5, 0.6) is 0 Å². The van der Waals surface area contributed by atoms with Crippen molar-refractivity contribution < 1.29 is 0 Å². The van der Waals surface area contributed by atoms with Gasteiger partial charge in [-0.2, -0.15) is 5.26 Å². The Labute approximate surface area is 118 Å². The lowest BCUT2D eigenvalue weighted by atomic mass is 10.1. The first-order valence-corrected chi connectivity index (χ1v) is 6.48. The van der Waals surface area contributed by atoms with Gasteiger partial charge >= 0.3 is 0 Å². The van der Waals surface area contributed by atoms with E-state index in [0.29, 0.717) is 5.56 Å². The fourth-order valence-electron chi connectivity index (χ4n) is 2.07. The van der Waals surface area contributed by atoms with Crippen LogP contribution in [-0.2, 0) is 0 Å². The zero-order valence-corrected chi connectivity index (χ0v) is 11.7. The standard InChI is InChI=1S/C16H15ClN2/c1-12(13-7-5-8-15(17)10-13)19(2)16-9-4-3-6-14(16)11-18/h3-10,12H,1-2H3. The van der Waals surface area contributed by atoms with Crippen LogP contribution in [0.4, 0.5) is 5.69 Å². The van der Waals surface area contributed by atoms with E-state index in [-0.39, 0.29) is 6.04 Å². The van der Waals surface area contributed by atoms with Crippen molar-refractivity contribution in [3.63, 3.8) is 0 Å². The Kier molecular flexibility index (Phi) is 4.09. The molecule has 0 saturated heterocycles. The molecule has 0 aliphatic carbocycles. The molecule has 19 heavy (non-hydrogen) atoms. The predicted octanol–water partition coefficient (Wildman–Crippen LogP) is 4.41. The summed E-state index contributed by atoms with van der Waals surface area (Å²) in [5.41, 5.74) is 2.74.